The molecule has 3 rings (SSSR count). The summed E-state index contributed by atoms with van der Waals surface area (Å²) in [5.41, 5.74) is 0. The summed E-state index contributed by atoms with van der Waals surface area (Å²) in [4.78, 5) is 11.7. The predicted molar refractivity (Wildman–Crippen MR) is 111 cm³/mol. The van der Waals surface area contributed by atoms with Crippen LogP contribution >= 0.6 is 0 Å². The number of aliphatic hydroxyl groups excluding tert-OH is 10. The molecular weight excluding hydrogens is 494 g/mol. The van der Waals surface area contributed by atoms with E-state index in [9.17, 15) is 55.9 Å². The van der Waals surface area contributed by atoms with E-state index in [1.54, 1.807) is 0 Å². The number of ether oxygens (including phenoxy) is 4. The first-order chi connectivity index (χ1) is 16.8. The Labute approximate surface area is 205 Å². The van der Waals surface area contributed by atoms with E-state index in [1.807, 2.05) is 0 Å². The van der Waals surface area contributed by atoms with Gasteiger partial charge in [-0.15, -0.1) is 0 Å². The fraction of sp³-hybridized carbons (Fsp3) is 0.950. The van der Waals surface area contributed by atoms with E-state index in [4.69, 9.17) is 18.9 Å². The van der Waals surface area contributed by atoms with E-state index in [1.165, 1.54) is 6.92 Å². The topological polar surface area (TPSA) is 268 Å². The quantitative estimate of drug-likeness (QED) is 0.153. The second-order valence-corrected chi connectivity index (χ2v) is 9.27. The molecule has 0 spiro atoms. The Morgan fingerprint density at radius 3 is 2.06 bits per heavy atom. The largest absolute Gasteiger partial charge is 0.394 e. The molecule has 0 radical (unpaired) electrons. The van der Waals surface area contributed by atoms with Crippen molar-refractivity contribution in [3.05, 3.63) is 0 Å². The van der Waals surface area contributed by atoms with Crippen LogP contribution < -0.4 is 5.32 Å². The van der Waals surface area contributed by atoms with E-state index in [-0.39, 0.29) is 0 Å². The molecule has 16 heteroatoms. The maximum atomic E-state index is 11.7. The third-order valence-electron chi connectivity index (χ3n) is 6.70. The Morgan fingerprint density at radius 2 is 1.47 bits per heavy atom. The van der Waals surface area contributed by atoms with Gasteiger partial charge in [-0.1, -0.05) is 0 Å². The molecule has 3 saturated heterocycles. The average molecular weight is 529 g/mol. The lowest BCUT2D eigenvalue weighted by atomic mass is 9.86. The Hall–Kier alpha value is -1.09. The Bertz CT molecular complexity index is 746. The molecular formula is C20H35NO15. The number of nitrogens with one attached hydrogen (secondary N) is 1. The van der Waals surface area contributed by atoms with Gasteiger partial charge in [0, 0.05) is 6.92 Å². The SMILES string of the molecule is CC(=O)N[C@@H]1[C@H](O[C@H]2[C@@H](O)[C@H](O)[C@@H](C)O[C@H]2C(O)[C@H]2O[C@H](O)[C@H](O)[C@@H](O)[C@@H]2O)O[C@H](CO)[C@@H](O)[C@@H]1O. The van der Waals surface area contributed by atoms with Crippen molar-refractivity contribution < 1.29 is 74.8 Å². The Kier molecular flexibility index (Phi) is 9.62. The fourth-order valence-corrected chi connectivity index (χ4v) is 4.60. The zero-order valence-corrected chi connectivity index (χ0v) is 19.5. The predicted octanol–water partition coefficient (Wildman–Crippen LogP) is -7.01. The van der Waals surface area contributed by atoms with E-state index in [2.05, 4.69) is 5.32 Å². The number of hydrogen-bond acceptors (Lipinski definition) is 15. The third kappa shape index (κ3) is 5.67. The minimum absolute atomic E-state index is 0.656. The van der Waals surface area contributed by atoms with Gasteiger partial charge in [-0.3, -0.25) is 4.79 Å². The van der Waals surface area contributed by atoms with Crippen molar-refractivity contribution in [1.29, 1.82) is 0 Å². The number of amides is 1. The van der Waals surface area contributed by atoms with Crippen LogP contribution in [-0.2, 0) is 23.7 Å². The average Bonchev–Trinajstić information content (AvgIpc) is 2.83. The summed E-state index contributed by atoms with van der Waals surface area (Å²) in [7, 11) is 0. The van der Waals surface area contributed by atoms with Crippen LogP contribution in [0, 0.1) is 0 Å². The summed E-state index contributed by atoms with van der Waals surface area (Å²) in [6, 6.07) is -1.43. The van der Waals surface area contributed by atoms with Gasteiger partial charge in [-0.25, -0.2) is 0 Å². The minimum Gasteiger partial charge on any atom is -0.394 e. The van der Waals surface area contributed by atoms with Gasteiger partial charge in [0.05, 0.1) is 12.7 Å². The molecule has 0 aromatic heterocycles. The molecule has 0 aromatic carbocycles. The first-order valence-electron chi connectivity index (χ1n) is 11.4. The van der Waals surface area contributed by atoms with E-state index in [0.29, 0.717) is 0 Å². The number of rotatable bonds is 6. The lowest BCUT2D eigenvalue weighted by Gasteiger charge is -2.49. The molecule has 3 fully saturated rings. The third-order valence-corrected chi connectivity index (χ3v) is 6.70. The van der Waals surface area contributed by atoms with Crippen LogP contribution in [0.4, 0.5) is 0 Å². The molecule has 210 valence electrons. The van der Waals surface area contributed by atoms with Gasteiger partial charge in [0.2, 0.25) is 5.91 Å². The maximum Gasteiger partial charge on any atom is 0.217 e. The van der Waals surface area contributed by atoms with Crippen molar-refractivity contribution in [3.8, 4) is 0 Å². The van der Waals surface area contributed by atoms with Gasteiger partial charge < -0.3 is 75.3 Å². The first kappa shape index (κ1) is 29.5. The van der Waals surface area contributed by atoms with Crippen LogP contribution in [0.5, 0.6) is 0 Å². The molecule has 3 heterocycles. The molecule has 1 amide bonds. The number of carbonyl (C=O) groups excluding carboxylic acids is 1. The van der Waals surface area contributed by atoms with Gasteiger partial charge in [-0.2, -0.15) is 0 Å². The Morgan fingerprint density at radius 1 is 0.833 bits per heavy atom. The van der Waals surface area contributed by atoms with Crippen LogP contribution in [0.25, 0.3) is 0 Å². The molecule has 3 aliphatic rings. The summed E-state index contributed by atoms with van der Waals surface area (Å²) in [6.45, 7) is 1.70. The lowest BCUT2D eigenvalue weighted by Crippen LogP contribution is -2.70. The first-order valence-corrected chi connectivity index (χ1v) is 11.4. The second-order valence-electron chi connectivity index (χ2n) is 9.27. The molecule has 0 aliphatic carbocycles. The van der Waals surface area contributed by atoms with Gasteiger partial charge in [-0.05, 0) is 6.92 Å². The zero-order valence-electron chi connectivity index (χ0n) is 19.5. The normalized spacial score (nSPS) is 50.9. The fourth-order valence-electron chi connectivity index (χ4n) is 4.60. The number of carbonyl (C=O) groups is 1. The molecule has 11 N–H and O–H groups in total. The van der Waals surface area contributed by atoms with Crippen molar-refractivity contribution >= 4 is 5.91 Å². The summed E-state index contributed by atoms with van der Waals surface area (Å²) in [6.07, 6.45) is -25.6. The van der Waals surface area contributed by atoms with Crippen molar-refractivity contribution in [2.75, 3.05) is 6.61 Å². The van der Waals surface area contributed by atoms with Gasteiger partial charge in [0.1, 0.15) is 79.3 Å². The van der Waals surface area contributed by atoms with Gasteiger partial charge >= 0.3 is 0 Å². The molecule has 16 nitrogen and oxygen atoms in total. The summed E-state index contributed by atoms with van der Waals surface area (Å²) >= 11 is 0. The minimum atomic E-state index is -1.99. The highest BCUT2D eigenvalue weighted by atomic mass is 16.7. The molecule has 16 atom stereocenters. The smallest absolute Gasteiger partial charge is 0.217 e. The lowest BCUT2D eigenvalue weighted by molar-refractivity contribution is -0.343. The van der Waals surface area contributed by atoms with E-state index >= 15 is 0 Å². The van der Waals surface area contributed by atoms with Crippen LogP contribution in [0.2, 0.25) is 0 Å². The van der Waals surface area contributed by atoms with Crippen molar-refractivity contribution in [3.63, 3.8) is 0 Å². The molecule has 1 unspecified atom stereocenters. The molecule has 0 bridgehead atoms. The van der Waals surface area contributed by atoms with Crippen molar-refractivity contribution in [1.82, 2.24) is 5.32 Å². The number of hydrogen-bond donors (Lipinski definition) is 11. The highest BCUT2D eigenvalue weighted by molar-refractivity contribution is 5.73. The monoisotopic (exact) mass is 529 g/mol. The summed E-state index contributed by atoms with van der Waals surface area (Å²) < 4.78 is 21.8. The van der Waals surface area contributed by atoms with Crippen LogP contribution in [-0.4, -0.2) is 162 Å². The molecule has 0 aromatic rings. The van der Waals surface area contributed by atoms with Crippen molar-refractivity contribution in [2.45, 2.75) is 112 Å². The summed E-state index contributed by atoms with van der Waals surface area (Å²) in [5, 5.41) is 104. The van der Waals surface area contributed by atoms with E-state index < -0.39 is 110 Å². The molecule has 0 saturated carbocycles. The van der Waals surface area contributed by atoms with Crippen LogP contribution in [0.15, 0.2) is 0 Å². The van der Waals surface area contributed by atoms with E-state index in [0.717, 1.165) is 6.92 Å². The molecule has 3 aliphatic heterocycles. The van der Waals surface area contributed by atoms with Crippen LogP contribution in [0.3, 0.4) is 0 Å². The van der Waals surface area contributed by atoms with Crippen molar-refractivity contribution in [2.24, 2.45) is 0 Å². The summed E-state index contributed by atoms with van der Waals surface area (Å²) in [5.74, 6) is -0.656. The zero-order chi connectivity index (χ0) is 27.1. The number of aliphatic hydroxyl groups is 10. The van der Waals surface area contributed by atoms with Gasteiger partial charge in [0.15, 0.2) is 12.6 Å². The Balaban J connectivity index is 1.90. The second kappa shape index (κ2) is 11.7. The molecule has 36 heavy (non-hydrogen) atoms. The standard InChI is InChI=1S/C20H35NO15/c1-4-8(24)12(28)17(18(33-4)15(31)16-13(29)11(27)14(30)19(32)35-16)36-20-7(21-5(2)23)10(26)9(25)6(3-22)34-20/h4,6-20,22,24-32H,3H2,1-2H3,(H,21,23)/t4-,6-,7+,8-,9-,10-,11+,12+,13+,14-,15?,16+,17+,18+,19+,20+/m1/s1. The van der Waals surface area contributed by atoms with Gasteiger partial charge in [0.25, 0.3) is 0 Å². The highest BCUT2D eigenvalue weighted by Crippen LogP contribution is 2.33. The highest BCUT2D eigenvalue weighted by Gasteiger charge is 2.55. The van der Waals surface area contributed by atoms with Crippen LogP contribution in [0.1, 0.15) is 13.8 Å². The maximum absolute atomic E-state index is 11.7.